The van der Waals surface area contributed by atoms with Crippen LogP contribution in [0.3, 0.4) is 0 Å². The average molecular weight is 540 g/mol. The summed E-state index contributed by atoms with van der Waals surface area (Å²) in [6, 6.07) is 8.16. The van der Waals surface area contributed by atoms with Crippen LogP contribution in [0.15, 0.2) is 35.5 Å². The number of aliphatic hydroxyl groups excluding tert-OH is 1. The fraction of sp³-hybridized carbons (Fsp3) is 0.645. The summed E-state index contributed by atoms with van der Waals surface area (Å²) < 4.78 is 11.8. The molecule has 1 amide bonds. The lowest BCUT2D eigenvalue weighted by molar-refractivity contribution is -0.126. The maximum Gasteiger partial charge on any atom is 0.272 e. The molecular weight excluding hydrogens is 494 g/mol. The van der Waals surface area contributed by atoms with Crippen LogP contribution >= 0.6 is 0 Å². The Morgan fingerprint density at radius 1 is 1.05 bits per heavy atom. The van der Waals surface area contributed by atoms with Crippen molar-refractivity contribution in [3.8, 4) is 5.75 Å². The number of Topliss-reactive ketones (excluding diaryl/α,β-unsaturated/α-hetero) is 1. The third kappa shape index (κ3) is 8.39. The lowest BCUT2D eigenvalue weighted by Crippen LogP contribution is -2.44. The molecule has 3 N–H and O–H groups in total. The molecule has 0 aromatic heterocycles. The lowest BCUT2D eigenvalue weighted by atomic mass is 9.84. The van der Waals surface area contributed by atoms with Crippen LogP contribution in [-0.2, 0) is 14.3 Å². The molecule has 4 rings (SSSR count). The number of aryl methyl sites for hydroxylation is 1. The minimum atomic E-state index is -0.236. The van der Waals surface area contributed by atoms with Gasteiger partial charge in [0.1, 0.15) is 11.5 Å². The number of carbonyl (C=O) groups excluding carboxylic acids is 2. The van der Waals surface area contributed by atoms with Gasteiger partial charge in [-0.25, -0.2) is 0 Å². The Morgan fingerprint density at radius 2 is 1.79 bits per heavy atom. The highest BCUT2D eigenvalue weighted by molar-refractivity contribution is 6.44. The molecule has 1 saturated carbocycles. The number of nitrogens with zero attached hydrogens (tertiary/aromatic N) is 1. The number of allylic oxidation sites excluding steroid dienone is 1. The number of nitrogens with one attached hydrogen (secondary N) is 2. The Bertz CT molecular complexity index is 1020. The summed E-state index contributed by atoms with van der Waals surface area (Å²) >= 11 is 0. The summed E-state index contributed by atoms with van der Waals surface area (Å²) in [5.74, 6) is 1.50. The molecule has 2 aliphatic carbocycles. The third-order valence-electron chi connectivity index (χ3n) is 8.42. The lowest BCUT2D eigenvalue weighted by Gasteiger charge is -2.32. The second-order valence-corrected chi connectivity index (χ2v) is 11.2. The molecule has 0 radical (unpaired) electrons. The van der Waals surface area contributed by atoms with Crippen molar-refractivity contribution in [3.63, 3.8) is 0 Å². The van der Waals surface area contributed by atoms with Crippen molar-refractivity contribution in [1.29, 1.82) is 5.41 Å². The average Bonchev–Trinajstić information content (AvgIpc) is 3.44. The minimum Gasteiger partial charge on any atom is -0.490 e. The zero-order valence-electron chi connectivity index (χ0n) is 23.4. The Morgan fingerprint density at radius 3 is 2.51 bits per heavy atom. The maximum absolute atomic E-state index is 13.0. The molecular formula is C31H45N3O5. The minimum absolute atomic E-state index is 0.00159. The van der Waals surface area contributed by atoms with E-state index < -0.39 is 0 Å². The number of ether oxygens (including phenoxy) is 2. The number of para-hydroxylation sites is 1. The number of amides is 1. The topological polar surface area (TPSA) is 112 Å². The highest BCUT2D eigenvalue weighted by atomic mass is 16.5. The van der Waals surface area contributed by atoms with Gasteiger partial charge in [0.25, 0.3) is 5.91 Å². The highest BCUT2D eigenvalue weighted by Gasteiger charge is 2.30. The molecule has 1 aliphatic heterocycles. The van der Waals surface area contributed by atoms with Gasteiger partial charge in [0, 0.05) is 30.8 Å². The number of hydrogen-bond donors (Lipinski definition) is 3. The summed E-state index contributed by atoms with van der Waals surface area (Å²) in [6.45, 7) is 3.78. The predicted octanol–water partition coefficient (Wildman–Crippen LogP) is 4.33. The van der Waals surface area contributed by atoms with E-state index in [4.69, 9.17) is 20.0 Å². The highest BCUT2D eigenvalue weighted by Crippen LogP contribution is 2.31. The Balaban J connectivity index is 1.16. The van der Waals surface area contributed by atoms with Gasteiger partial charge in [0.15, 0.2) is 5.78 Å². The first-order chi connectivity index (χ1) is 18.9. The number of ketones is 1. The Hall–Kier alpha value is -2.71. The number of hydrogen-bond acceptors (Lipinski definition) is 7. The van der Waals surface area contributed by atoms with E-state index in [1.807, 2.05) is 18.2 Å². The van der Waals surface area contributed by atoms with Crippen LogP contribution in [0.4, 0.5) is 0 Å². The molecule has 214 valence electrons. The van der Waals surface area contributed by atoms with Crippen molar-refractivity contribution in [2.75, 3.05) is 32.8 Å². The molecule has 39 heavy (non-hydrogen) atoms. The van der Waals surface area contributed by atoms with E-state index in [1.54, 1.807) is 4.90 Å². The molecule has 1 aromatic rings. The molecule has 0 unspecified atom stereocenters. The largest absolute Gasteiger partial charge is 0.490 e. The van der Waals surface area contributed by atoms with E-state index in [-0.39, 0.29) is 42.8 Å². The standard InChI is InChI=1S/C31H45N3O5/c1-22-5-2-3-8-29(22)39-26-13-10-23(11-14-26)9-12-24(36)21-33-28-7-4-6-27(28)30(32)31(37)34-17-15-25(16-18-34)38-20-19-35/h2-3,5,8,23,25-26,32-33,35H,4,6-7,9-21H2,1H3. The molecule has 8 nitrogen and oxygen atoms in total. The molecule has 0 bridgehead atoms. The van der Waals surface area contributed by atoms with Gasteiger partial charge in [-0.2, -0.15) is 0 Å². The van der Waals surface area contributed by atoms with Crippen LogP contribution < -0.4 is 10.1 Å². The van der Waals surface area contributed by atoms with Crippen LogP contribution in [0.5, 0.6) is 5.75 Å². The molecule has 1 aromatic carbocycles. The first-order valence-corrected chi connectivity index (χ1v) is 14.7. The molecule has 0 atom stereocenters. The second kappa shape index (κ2) is 14.6. The van der Waals surface area contributed by atoms with Crippen LogP contribution in [0.2, 0.25) is 0 Å². The van der Waals surface area contributed by atoms with Crippen LogP contribution in [0.1, 0.15) is 76.2 Å². The van der Waals surface area contributed by atoms with Crippen molar-refractivity contribution >= 4 is 17.4 Å². The summed E-state index contributed by atoms with van der Waals surface area (Å²) in [5.41, 5.74) is 2.87. The number of carbonyl (C=O) groups is 2. The first-order valence-electron chi connectivity index (χ1n) is 14.7. The van der Waals surface area contributed by atoms with Gasteiger partial charge in [0.2, 0.25) is 0 Å². The van der Waals surface area contributed by atoms with Gasteiger partial charge in [-0.05, 0) is 88.7 Å². The number of rotatable bonds is 13. The first kappa shape index (κ1) is 29.3. The van der Waals surface area contributed by atoms with E-state index in [2.05, 4.69) is 18.3 Å². The number of likely N-dealkylation sites (tertiary alicyclic amines) is 1. The quantitative estimate of drug-likeness (QED) is 0.322. The summed E-state index contributed by atoms with van der Waals surface area (Å²) in [4.78, 5) is 27.4. The van der Waals surface area contributed by atoms with E-state index in [9.17, 15) is 9.59 Å². The smallest absolute Gasteiger partial charge is 0.272 e. The zero-order valence-corrected chi connectivity index (χ0v) is 23.4. The van der Waals surface area contributed by atoms with Crippen molar-refractivity contribution < 1.29 is 24.2 Å². The fourth-order valence-electron chi connectivity index (χ4n) is 6.01. The van der Waals surface area contributed by atoms with Gasteiger partial charge in [-0.15, -0.1) is 0 Å². The molecule has 1 heterocycles. The fourth-order valence-corrected chi connectivity index (χ4v) is 6.01. The van der Waals surface area contributed by atoms with Crippen LogP contribution in [0, 0.1) is 18.3 Å². The van der Waals surface area contributed by atoms with E-state index in [1.165, 1.54) is 5.56 Å². The Labute approximate surface area is 232 Å². The molecule has 8 heteroatoms. The van der Waals surface area contributed by atoms with Crippen molar-refractivity contribution in [2.24, 2.45) is 5.92 Å². The van der Waals surface area contributed by atoms with Gasteiger partial charge in [0.05, 0.1) is 32.0 Å². The second-order valence-electron chi connectivity index (χ2n) is 11.2. The van der Waals surface area contributed by atoms with E-state index in [0.29, 0.717) is 38.5 Å². The number of benzene rings is 1. The van der Waals surface area contributed by atoms with Crippen LogP contribution in [0.25, 0.3) is 0 Å². The van der Waals surface area contributed by atoms with Gasteiger partial charge in [-0.3, -0.25) is 15.0 Å². The van der Waals surface area contributed by atoms with Crippen molar-refractivity contribution in [2.45, 2.75) is 89.8 Å². The number of aliphatic hydroxyl groups is 1. The molecule has 2 fully saturated rings. The van der Waals surface area contributed by atoms with Gasteiger partial charge < -0.3 is 24.8 Å². The summed E-state index contributed by atoms with van der Waals surface area (Å²) in [5, 5.41) is 20.8. The predicted molar refractivity (Wildman–Crippen MR) is 151 cm³/mol. The van der Waals surface area contributed by atoms with Crippen molar-refractivity contribution in [1.82, 2.24) is 10.2 Å². The zero-order chi connectivity index (χ0) is 27.6. The van der Waals surface area contributed by atoms with Gasteiger partial charge in [-0.1, -0.05) is 18.2 Å². The summed E-state index contributed by atoms with van der Waals surface area (Å²) in [7, 11) is 0. The normalized spacial score (nSPS) is 22.2. The van der Waals surface area contributed by atoms with E-state index in [0.717, 1.165) is 74.8 Å². The maximum atomic E-state index is 13.0. The third-order valence-corrected chi connectivity index (χ3v) is 8.42. The van der Waals surface area contributed by atoms with Gasteiger partial charge >= 0.3 is 0 Å². The molecule has 0 spiro atoms. The molecule has 1 saturated heterocycles. The summed E-state index contributed by atoms with van der Waals surface area (Å²) in [6.07, 6.45) is 9.87. The van der Waals surface area contributed by atoms with Crippen molar-refractivity contribution in [3.05, 3.63) is 41.1 Å². The van der Waals surface area contributed by atoms with Crippen LogP contribution in [-0.4, -0.2) is 72.5 Å². The number of piperidine rings is 1. The van der Waals surface area contributed by atoms with E-state index >= 15 is 0 Å². The monoisotopic (exact) mass is 539 g/mol. The SMILES string of the molecule is Cc1ccccc1OC1CCC(CCC(=O)CNC2=C(C(=N)C(=O)N3CCC(OCCO)CC3)CCC2)CC1. The Kier molecular flexibility index (Phi) is 11.0. The molecule has 3 aliphatic rings.